The van der Waals surface area contributed by atoms with E-state index in [0.29, 0.717) is 5.82 Å². The van der Waals surface area contributed by atoms with Gasteiger partial charge >= 0.3 is 11.8 Å². The molecule has 0 bridgehead atoms. The molecule has 2 heterocycles. The van der Waals surface area contributed by atoms with Crippen molar-refractivity contribution in [2.45, 2.75) is 38.1 Å². The van der Waals surface area contributed by atoms with Crippen LogP contribution in [-0.4, -0.2) is 27.1 Å². The first-order chi connectivity index (χ1) is 9.83. The van der Waals surface area contributed by atoms with E-state index in [1.165, 1.54) is 6.42 Å². The van der Waals surface area contributed by atoms with Gasteiger partial charge in [0.05, 0.1) is 0 Å². The lowest BCUT2D eigenvalue weighted by Gasteiger charge is -2.21. The molecule has 1 N–H and O–H groups in total. The number of amides is 1. The summed E-state index contributed by atoms with van der Waals surface area (Å²) in [5.74, 6) is 0.133. The average Bonchev–Trinajstić information content (AvgIpc) is 2.99. The lowest BCUT2D eigenvalue weighted by atomic mass is 9.95. The van der Waals surface area contributed by atoms with Crippen LogP contribution in [0.3, 0.4) is 0 Å². The van der Waals surface area contributed by atoms with Gasteiger partial charge < -0.3 is 9.84 Å². The molecule has 1 fully saturated rings. The van der Waals surface area contributed by atoms with Gasteiger partial charge in [0.25, 0.3) is 0 Å². The molecule has 1 aliphatic carbocycles. The van der Waals surface area contributed by atoms with Crippen LogP contribution in [0.1, 0.15) is 42.8 Å². The summed E-state index contributed by atoms with van der Waals surface area (Å²) in [6.07, 6.45) is 8.92. The van der Waals surface area contributed by atoms with E-state index in [1.807, 2.05) is 0 Å². The first-order valence-electron chi connectivity index (χ1n) is 6.88. The van der Waals surface area contributed by atoms with Gasteiger partial charge in [-0.15, -0.1) is 0 Å². The van der Waals surface area contributed by atoms with Crippen LogP contribution in [0.15, 0.2) is 29.0 Å². The Kier molecular flexibility index (Phi) is 3.71. The minimum atomic E-state index is -0.287. The van der Waals surface area contributed by atoms with Crippen molar-refractivity contribution in [1.82, 2.24) is 20.4 Å². The number of carbonyl (C=O) groups is 1. The quantitative estimate of drug-likeness (QED) is 0.926. The SMILES string of the molecule is O=C(NC1CCCCC1)c1nc(-c2ccncc2)no1. The molecule has 0 saturated heterocycles. The van der Waals surface area contributed by atoms with E-state index >= 15 is 0 Å². The van der Waals surface area contributed by atoms with Crippen molar-refractivity contribution >= 4 is 5.91 Å². The van der Waals surface area contributed by atoms with Gasteiger partial charge in [0, 0.05) is 24.0 Å². The Bertz CT molecular complexity index is 576. The monoisotopic (exact) mass is 272 g/mol. The Morgan fingerprint density at radius 3 is 2.70 bits per heavy atom. The van der Waals surface area contributed by atoms with Gasteiger partial charge in [-0.3, -0.25) is 9.78 Å². The molecule has 0 spiro atoms. The minimum absolute atomic E-state index is 0.0161. The molecule has 20 heavy (non-hydrogen) atoms. The molecule has 0 aromatic carbocycles. The zero-order valence-electron chi connectivity index (χ0n) is 11.1. The number of rotatable bonds is 3. The molecule has 6 nitrogen and oxygen atoms in total. The number of nitrogens with one attached hydrogen (secondary N) is 1. The smallest absolute Gasteiger partial charge is 0.316 e. The molecule has 0 radical (unpaired) electrons. The second-order valence-corrected chi connectivity index (χ2v) is 4.97. The van der Waals surface area contributed by atoms with Crippen molar-refractivity contribution in [2.24, 2.45) is 0 Å². The highest BCUT2D eigenvalue weighted by Crippen LogP contribution is 2.18. The molecule has 1 saturated carbocycles. The highest BCUT2D eigenvalue weighted by atomic mass is 16.5. The van der Waals surface area contributed by atoms with E-state index in [4.69, 9.17) is 4.52 Å². The van der Waals surface area contributed by atoms with E-state index in [1.54, 1.807) is 24.5 Å². The van der Waals surface area contributed by atoms with Gasteiger partial charge in [-0.25, -0.2) is 0 Å². The normalized spacial score (nSPS) is 16.0. The van der Waals surface area contributed by atoms with Crippen LogP contribution in [0.25, 0.3) is 11.4 Å². The predicted octanol–water partition coefficient (Wildman–Crippen LogP) is 2.19. The summed E-state index contributed by atoms with van der Waals surface area (Å²) < 4.78 is 5.03. The lowest BCUT2D eigenvalue weighted by molar-refractivity contribution is 0.0883. The molecule has 2 aromatic rings. The second kappa shape index (κ2) is 5.81. The first kappa shape index (κ1) is 12.8. The van der Waals surface area contributed by atoms with Gasteiger partial charge in [0.1, 0.15) is 0 Å². The van der Waals surface area contributed by atoms with Gasteiger partial charge in [-0.05, 0) is 25.0 Å². The molecule has 6 heteroatoms. The Hall–Kier alpha value is -2.24. The van der Waals surface area contributed by atoms with E-state index in [-0.39, 0.29) is 17.8 Å². The van der Waals surface area contributed by atoms with Gasteiger partial charge in [-0.1, -0.05) is 24.4 Å². The highest BCUT2D eigenvalue weighted by Gasteiger charge is 2.21. The molecular weight excluding hydrogens is 256 g/mol. The average molecular weight is 272 g/mol. The maximum absolute atomic E-state index is 12.0. The van der Waals surface area contributed by atoms with Crippen LogP contribution < -0.4 is 5.32 Å². The van der Waals surface area contributed by atoms with Crippen molar-refractivity contribution in [1.29, 1.82) is 0 Å². The summed E-state index contributed by atoms with van der Waals surface area (Å²) >= 11 is 0. The molecule has 104 valence electrons. The standard InChI is InChI=1S/C14H16N4O2/c19-13(16-11-4-2-1-3-5-11)14-17-12(18-20-14)10-6-8-15-9-7-10/h6-9,11H,1-5H2,(H,16,19). The number of aromatic nitrogens is 3. The summed E-state index contributed by atoms with van der Waals surface area (Å²) in [4.78, 5) is 20.1. The highest BCUT2D eigenvalue weighted by molar-refractivity contribution is 5.90. The van der Waals surface area contributed by atoms with Gasteiger partial charge in [0.15, 0.2) is 0 Å². The summed E-state index contributed by atoms with van der Waals surface area (Å²) in [7, 11) is 0. The Balaban J connectivity index is 1.68. The molecule has 1 amide bonds. The summed E-state index contributed by atoms with van der Waals surface area (Å²) in [5.41, 5.74) is 0.778. The molecule has 3 rings (SSSR count). The third kappa shape index (κ3) is 2.84. The minimum Gasteiger partial charge on any atom is -0.345 e. The molecule has 0 unspecified atom stereocenters. The lowest BCUT2D eigenvalue weighted by Crippen LogP contribution is -2.36. The Morgan fingerprint density at radius 1 is 1.20 bits per heavy atom. The summed E-state index contributed by atoms with van der Waals surface area (Å²) in [6.45, 7) is 0. The van der Waals surface area contributed by atoms with Crippen LogP contribution in [0, 0.1) is 0 Å². The van der Waals surface area contributed by atoms with Crippen LogP contribution >= 0.6 is 0 Å². The molecule has 2 aromatic heterocycles. The van der Waals surface area contributed by atoms with E-state index in [9.17, 15) is 4.79 Å². The number of hydrogen-bond acceptors (Lipinski definition) is 5. The van der Waals surface area contributed by atoms with Crippen LogP contribution in [0.4, 0.5) is 0 Å². The second-order valence-electron chi connectivity index (χ2n) is 4.97. The fraction of sp³-hybridized carbons (Fsp3) is 0.429. The predicted molar refractivity (Wildman–Crippen MR) is 71.9 cm³/mol. The molecule has 0 aliphatic heterocycles. The number of hydrogen-bond donors (Lipinski definition) is 1. The number of nitrogens with zero attached hydrogens (tertiary/aromatic N) is 3. The fourth-order valence-electron chi connectivity index (χ4n) is 2.43. The zero-order valence-corrected chi connectivity index (χ0v) is 11.1. The van der Waals surface area contributed by atoms with Crippen molar-refractivity contribution < 1.29 is 9.32 Å². The summed E-state index contributed by atoms with van der Waals surface area (Å²) in [6, 6.07) is 3.77. The maximum atomic E-state index is 12.0. The third-order valence-electron chi connectivity index (χ3n) is 3.50. The third-order valence-corrected chi connectivity index (χ3v) is 3.50. The number of pyridine rings is 1. The largest absolute Gasteiger partial charge is 0.345 e. The van der Waals surface area contributed by atoms with Crippen molar-refractivity contribution in [2.75, 3.05) is 0 Å². The van der Waals surface area contributed by atoms with E-state index < -0.39 is 0 Å². The first-order valence-corrected chi connectivity index (χ1v) is 6.88. The van der Waals surface area contributed by atoms with Crippen molar-refractivity contribution in [3.8, 4) is 11.4 Å². The van der Waals surface area contributed by atoms with E-state index in [2.05, 4.69) is 20.4 Å². The Labute approximate surface area is 116 Å². The van der Waals surface area contributed by atoms with Gasteiger partial charge in [-0.2, -0.15) is 4.98 Å². The van der Waals surface area contributed by atoms with Crippen LogP contribution in [0.2, 0.25) is 0 Å². The molecule has 1 aliphatic rings. The number of carbonyl (C=O) groups excluding carboxylic acids is 1. The zero-order chi connectivity index (χ0) is 13.8. The topological polar surface area (TPSA) is 80.9 Å². The fourth-order valence-corrected chi connectivity index (χ4v) is 2.43. The van der Waals surface area contributed by atoms with E-state index in [0.717, 1.165) is 31.2 Å². The maximum Gasteiger partial charge on any atom is 0.316 e. The van der Waals surface area contributed by atoms with Gasteiger partial charge in [0.2, 0.25) is 5.82 Å². The Morgan fingerprint density at radius 2 is 1.95 bits per heavy atom. The van der Waals surface area contributed by atoms with Crippen molar-refractivity contribution in [3.63, 3.8) is 0 Å². The van der Waals surface area contributed by atoms with Crippen LogP contribution in [-0.2, 0) is 0 Å². The summed E-state index contributed by atoms with van der Waals surface area (Å²) in [5, 5.41) is 6.78. The molecular formula is C14H16N4O2. The van der Waals surface area contributed by atoms with Crippen LogP contribution in [0.5, 0.6) is 0 Å². The molecule has 0 atom stereocenters. The van der Waals surface area contributed by atoms with Crippen molar-refractivity contribution in [3.05, 3.63) is 30.4 Å².